The molecule has 0 saturated heterocycles. The smallest absolute Gasteiger partial charge is 0.306 e. The topological polar surface area (TPSA) is 77.5 Å². The molecule has 1 unspecified atom stereocenters. The lowest BCUT2D eigenvalue weighted by atomic mass is 9.85. The van der Waals surface area contributed by atoms with E-state index in [1.54, 1.807) is 45.0 Å². The summed E-state index contributed by atoms with van der Waals surface area (Å²) in [6.45, 7) is 9.35. The fourth-order valence-corrected chi connectivity index (χ4v) is 5.24. The van der Waals surface area contributed by atoms with Gasteiger partial charge in [-0.05, 0) is 62.7 Å². The van der Waals surface area contributed by atoms with Gasteiger partial charge in [0.25, 0.3) is 0 Å². The van der Waals surface area contributed by atoms with Crippen molar-refractivity contribution in [2.45, 2.75) is 59.1 Å². The molecule has 1 aliphatic rings. The lowest BCUT2D eigenvalue weighted by Crippen LogP contribution is -2.46. The number of halogens is 3. The van der Waals surface area contributed by atoms with Gasteiger partial charge < -0.3 is 14.8 Å². The van der Waals surface area contributed by atoms with E-state index < -0.39 is 23.0 Å². The van der Waals surface area contributed by atoms with Crippen molar-refractivity contribution >= 4 is 46.7 Å². The summed E-state index contributed by atoms with van der Waals surface area (Å²) in [5.74, 6) is -0.276. The van der Waals surface area contributed by atoms with Crippen LogP contribution in [0.5, 0.6) is 5.88 Å². The molecule has 2 aromatic carbocycles. The lowest BCUT2D eigenvalue weighted by molar-refractivity contribution is -0.149. The molecule has 9 heteroatoms. The van der Waals surface area contributed by atoms with Crippen LogP contribution in [-0.2, 0) is 14.3 Å². The van der Waals surface area contributed by atoms with Crippen molar-refractivity contribution in [2.24, 2.45) is 5.41 Å². The number of nitrogens with zero attached hydrogens (tertiary/aromatic N) is 1. The number of ether oxygens (including phenoxy) is 2. The van der Waals surface area contributed by atoms with Gasteiger partial charge in [-0.2, -0.15) is 0 Å². The van der Waals surface area contributed by atoms with E-state index in [0.29, 0.717) is 38.6 Å². The number of carbonyl (C=O) groups excluding carboxylic acids is 2. The number of rotatable bonds is 7. The Balaban J connectivity index is 1.82. The number of esters is 1. The molecule has 1 aromatic heterocycles. The van der Waals surface area contributed by atoms with Gasteiger partial charge in [0.1, 0.15) is 5.60 Å². The van der Waals surface area contributed by atoms with Crippen molar-refractivity contribution in [3.05, 3.63) is 69.2 Å². The Morgan fingerprint density at radius 3 is 2.36 bits per heavy atom. The summed E-state index contributed by atoms with van der Waals surface area (Å²) in [5.41, 5.74) is 2.11. The third-order valence-corrected chi connectivity index (χ3v) is 7.41. The number of carbonyl (C=O) groups is 2. The van der Waals surface area contributed by atoms with Gasteiger partial charge in [0.15, 0.2) is 0 Å². The quantitative estimate of drug-likeness (QED) is 0.282. The van der Waals surface area contributed by atoms with E-state index in [9.17, 15) is 9.59 Å². The van der Waals surface area contributed by atoms with Gasteiger partial charge in [-0.1, -0.05) is 60.8 Å². The maximum Gasteiger partial charge on any atom is 0.306 e. The largest absolute Gasteiger partial charge is 0.471 e. The van der Waals surface area contributed by atoms with Crippen LogP contribution in [-0.4, -0.2) is 29.1 Å². The van der Waals surface area contributed by atoms with Crippen LogP contribution in [0.15, 0.2) is 48.5 Å². The van der Waals surface area contributed by atoms with Gasteiger partial charge in [0.05, 0.1) is 35.2 Å². The Kier molecular flexibility index (Phi) is 8.50. The summed E-state index contributed by atoms with van der Waals surface area (Å²) in [7, 11) is 0. The first kappa shape index (κ1) is 29.2. The molecule has 3 aromatic rings. The first-order valence-electron chi connectivity index (χ1n) is 12.7. The van der Waals surface area contributed by atoms with Gasteiger partial charge in [0, 0.05) is 33.2 Å². The highest BCUT2D eigenvalue weighted by molar-refractivity contribution is 6.36. The van der Waals surface area contributed by atoms with Crippen LogP contribution in [0.2, 0.25) is 15.1 Å². The molecule has 0 radical (unpaired) electrons. The molecule has 0 saturated carbocycles. The minimum absolute atomic E-state index is 0.0333. The van der Waals surface area contributed by atoms with E-state index in [4.69, 9.17) is 49.3 Å². The second-order valence-electron chi connectivity index (χ2n) is 10.9. The normalized spacial score (nSPS) is 16.2. The SMILES string of the molecule is CCOC(=O)CC(C)(C)C(=O)NC1CC(C)(C)Oc2nc(-c3ccc(Cl)cc3Cl)c(-c3ccc(Cl)cc3)cc21. The lowest BCUT2D eigenvalue weighted by Gasteiger charge is -2.38. The van der Waals surface area contributed by atoms with E-state index >= 15 is 0 Å². The molecular weight excluding hydrogens is 559 g/mol. The number of amides is 1. The Hall–Kier alpha value is -2.80. The summed E-state index contributed by atoms with van der Waals surface area (Å²) in [6.07, 6.45) is 0.471. The van der Waals surface area contributed by atoms with E-state index in [2.05, 4.69) is 5.32 Å². The molecule has 39 heavy (non-hydrogen) atoms. The van der Waals surface area contributed by atoms with Gasteiger partial charge >= 0.3 is 5.97 Å². The van der Waals surface area contributed by atoms with Gasteiger partial charge in [-0.25, -0.2) is 4.98 Å². The van der Waals surface area contributed by atoms with Crippen LogP contribution in [0.1, 0.15) is 59.1 Å². The highest BCUT2D eigenvalue weighted by atomic mass is 35.5. The van der Waals surface area contributed by atoms with Crippen molar-refractivity contribution < 1.29 is 19.1 Å². The van der Waals surface area contributed by atoms with Gasteiger partial charge in [0.2, 0.25) is 11.8 Å². The molecular formula is C30H31Cl3N2O4. The van der Waals surface area contributed by atoms with E-state index in [1.165, 1.54) is 0 Å². The zero-order valence-electron chi connectivity index (χ0n) is 22.5. The summed E-state index contributed by atoms with van der Waals surface area (Å²) < 4.78 is 11.4. The number of fused-ring (bicyclic) bond motifs is 1. The molecule has 2 heterocycles. The van der Waals surface area contributed by atoms with Crippen LogP contribution in [0.3, 0.4) is 0 Å². The third kappa shape index (κ3) is 6.68. The van der Waals surface area contributed by atoms with Crippen molar-refractivity contribution in [2.75, 3.05) is 6.61 Å². The summed E-state index contributed by atoms with van der Waals surface area (Å²) in [4.78, 5) is 30.5. The van der Waals surface area contributed by atoms with Crippen molar-refractivity contribution in [3.63, 3.8) is 0 Å². The molecule has 6 nitrogen and oxygen atoms in total. The summed E-state index contributed by atoms with van der Waals surface area (Å²) >= 11 is 19.0. The minimum atomic E-state index is -0.974. The van der Waals surface area contributed by atoms with Crippen molar-refractivity contribution in [1.29, 1.82) is 0 Å². The Morgan fingerprint density at radius 2 is 1.72 bits per heavy atom. The van der Waals surface area contributed by atoms with Crippen molar-refractivity contribution in [1.82, 2.24) is 10.3 Å². The van der Waals surface area contributed by atoms with Gasteiger partial charge in [-0.3, -0.25) is 9.59 Å². The first-order valence-corrected chi connectivity index (χ1v) is 13.8. The Morgan fingerprint density at radius 1 is 1.05 bits per heavy atom. The standard InChI is InChI=1S/C30H31Cl3N2O4/c1-6-38-25(36)16-29(2,3)28(37)34-24-15-30(4,5)39-27-22(24)14-21(17-7-9-18(31)10-8-17)26(35-27)20-12-11-19(32)13-23(20)33/h7-14,24H,6,15-16H2,1-5H3,(H,34,37). The molecule has 1 N–H and O–H groups in total. The molecule has 1 aliphatic heterocycles. The molecule has 206 valence electrons. The monoisotopic (exact) mass is 588 g/mol. The van der Waals surface area contributed by atoms with E-state index in [-0.39, 0.29) is 18.9 Å². The van der Waals surface area contributed by atoms with E-state index in [1.807, 2.05) is 38.1 Å². The number of benzene rings is 2. The average Bonchev–Trinajstić information content (AvgIpc) is 2.83. The summed E-state index contributed by atoms with van der Waals surface area (Å²) in [5, 5.41) is 4.72. The average molecular weight is 590 g/mol. The number of nitrogens with one attached hydrogen (secondary N) is 1. The Bertz CT molecular complexity index is 1400. The maximum atomic E-state index is 13.4. The van der Waals surface area contributed by atoms with Crippen LogP contribution in [0.4, 0.5) is 0 Å². The van der Waals surface area contributed by atoms with Crippen LogP contribution in [0.25, 0.3) is 22.4 Å². The zero-order chi connectivity index (χ0) is 28.5. The summed E-state index contributed by atoms with van der Waals surface area (Å²) in [6, 6.07) is 14.2. The molecule has 4 rings (SSSR count). The molecule has 0 aliphatic carbocycles. The molecule has 0 spiro atoms. The predicted molar refractivity (Wildman–Crippen MR) is 155 cm³/mol. The highest BCUT2D eigenvalue weighted by Crippen LogP contribution is 2.45. The van der Waals surface area contributed by atoms with Crippen LogP contribution < -0.4 is 10.1 Å². The minimum Gasteiger partial charge on any atom is -0.471 e. The molecule has 0 fully saturated rings. The number of hydrogen-bond acceptors (Lipinski definition) is 5. The number of hydrogen-bond donors (Lipinski definition) is 1. The van der Waals surface area contributed by atoms with Crippen molar-refractivity contribution in [3.8, 4) is 28.3 Å². The molecule has 1 amide bonds. The second-order valence-corrected chi connectivity index (χ2v) is 12.1. The predicted octanol–water partition coefficient (Wildman–Crippen LogP) is 8.07. The first-order chi connectivity index (χ1) is 18.3. The number of aromatic nitrogens is 1. The molecule has 0 bridgehead atoms. The number of pyridine rings is 1. The van der Waals surface area contributed by atoms with E-state index in [0.717, 1.165) is 16.7 Å². The van der Waals surface area contributed by atoms with Gasteiger partial charge in [-0.15, -0.1) is 0 Å². The molecule has 1 atom stereocenters. The third-order valence-electron chi connectivity index (χ3n) is 6.61. The fourth-order valence-electron chi connectivity index (χ4n) is 4.62. The second kappa shape index (κ2) is 11.4. The maximum absolute atomic E-state index is 13.4. The highest BCUT2D eigenvalue weighted by Gasteiger charge is 2.39. The zero-order valence-corrected chi connectivity index (χ0v) is 24.8. The fraction of sp³-hybridized carbons (Fsp3) is 0.367. The van der Waals surface area contributed by atoms with Crippen LogP contribution >= 0.6 is 34.8 Å². The Labute approximate surface area is 244 Å². The van der Waals surface area contributed by atoms with Crippen LogP contribution in [0, 0.1) is 5.41 Å².